The van der Waals surface area contributed by atoms with Crippen LogP contribution in [0.2, 0.25) is 0 Å². The lowest BCUT2D eigenvalue weighted by molar-refractivity contribution is 0.754. The van der Waals surface area contributed by atoms with E-state index in [1.54, 1.807) is 0 Å². The van der Waals surface area contributed by atoms with Crippen LogP contribution < -0.4 is 10.2 Å². The fourth-order valence-electron chi connectivity index (χ4n) is 1.13. The van der Waals surface area contributed by atoms with Gasteiger partial charge in [0, 0.05) is 37.9 Å². The van der Waals surface area contributed by atoms with Crippen molar-refractivity contribution in [3.8, 4) is 0 Å². The molecule has 15 heavy (non-hydrogen) atoms. The first-order chi connectivity index (χ1) is 7.09. The minimum Gasteiger partial charge on any atom is -0.363 e. The molecule has 0 saturated heterocycles. The number of aromatic nitrogens is 1. The molecule has 1 N–H and O–H groups in total. The number of anilines is 1. The summed E-state index contributed by atoms with van der Waals surface area (Å²) in [5.74, 6) is 0.976. The Morgan fingerprint density at radius 2 is 2.27 bits per heavy atom. The lowest BCUT2D eigenvalue weighted by Crippen LogP contribution is -2.15. The van der Waals surface area contributed by atoms with E-state index in [0.29, 0.717) is 0 Å². The summed E-state index contributed by atoms with van der Waals surface area (Å²) in [6.07, 6.45) is 1.89. The van der Waals surface area contributed by atoms with Crippen LogP contribution in [0.4, 0.5) is 5.82 Å². The van der Waals surface area contributed by atoms with Gasteiger partial charge in [0.15, 0.2) is 0 Å². The van der Waals surface area contributed by atoms with E-state index in [-0.39, 0.29) is 0 Å². The zero-order chi connectivity index (χ0) is 11.3. The van der Waals surface area contributed by atoms with Gasteiger partial charge in [-0.15, -0.1) is 0 Å². The number of pyridine rings is 1. The van der Waals surface area contributed by atoms with Crippen molar-refractivity contribution in [3.05, 3.63) is 35.0 Å². The van der Waals surface area contributed by atoms with Crippen LogP contribution in [0.5, 0.6) is 0 Å². The Balaban J connectivity index is 2.46. The number of hydrogen-bond acceptors (Lipinski definition) is 3. The Morgan fingerprint density at radius 3 is 2.73 bits per heavy atom. The lowest BCUT2D eigenvalue weighted by atomic mass is 10.3. The highest BCUT2D eigenvalue weighted by Crippen LogP contribution is 2.07. The minimum atomic E-state index is 0.773. The van der Waals surface area contributed by atoms with E-state index in [1.807, 2.05) is 31.3 Å². The molecule has 0 atom stereocenters. The topological polar surface area (TPSA) is 28.2 Å². The standard InChI is InChI=1S/C11H16BrN3/c1-9(12)6-13-7-10-4-5-11(14-8-10)15(2)3/h4-5,8,13H,1,6-7H2,2-3H3. The molecule has 0 aliphatic carbocycles. The highest BCUT2D eigenvalue weighted by molar-refractivity contribution is 9.11. The van der Waals surface area contributed by atoms with Gasteiger partial charge >= 0.3 is 0 Å². The van der Waals surface area contributed by atoms with Gasteiger partial charge in [-0.1, -0.05) is 28.6 Å². The third kappa shape index (κ3) is 4.44. The molecule has 0 saturated carbocycles. The van der Waals surface area contributed by atoms with Gasteiger partial charge in [-0.05, 0) is 11.6 Å². The Bertz CT molecular complexity index is 319. The molecule has 0 aliphatic rings. The molecule has 3 nitrogen and oxygen atoms in total. The third-order valence-corrected chi connectivity index (χ3v) is 2.19. The Kier molecular flexibility index (Phi) is 4.78. The molecule has 0 amide bonds. The van der Waals surface area contributed by atoms with E-state index < -0.39 is 0 Å². The Morgan fingerprint density at radius 1 is 1.53 bits per heavy atom. The van der Waals surface area contributed by atoms with E-state index in [4.69, 9.17) is 0 Å². The highest BCUT2D eigenvalue weighted by Gasteiger charge is 1.97. The van der Waals surface area contributed by atoms with Crippen LogP contribution in [0, 0.1) is 0 Å². The summed E-state index contributed by atoms with van der Waals surface area (Å²) in [6, 6.07) is 4.09. The fourth-order valence-corrected chi connectivity index (χ4v) is 1.33. The number of nitrogens with zero attached hydrogens (tertiary/aromatic N) is 2. The first kappa shape index (κ1) is 12.2. The summed E-state index contributed by atoms with van der Waals surface area (Å²) >= 11 is 3.30. The maximum absolute atomic E-state index is 4.33. The second kappa shape index (κ2) is 5.88. The van der Waals surface area contributed by atoms with Gasteiger partial charge in [0.05, 0.1) is 0 Å². The molecule has 1 aromatic rings. The summed E-state index contributed by atoms with van der Waals surface area (Å²) in [5, 5.41) is 3.25. The van der Waals surface area contributed by atoms with E-state index in [1.165, 1.54) is 5.56 Å². The van der Waals surface area contributed by atoms with Crippen molar-refractivity contribution in [1.29, 1.82) is 0 Å². The predicted octanol–water partition coefficient (Wildman–Crippen LogP) is 2.15. The predicted molar refractivity (Wildman–Crippen MR) is 68.3 cm³/mol. The van der Waals surface area contributed by atoms with Crippen LogP contribution in [-0.2, 0) is 6.54 Å². The number of nitrogens with one attached hydrogen (secondary N) is 1. The Labute approximate surface area is 99.3 Å². The van der Waals surface area contributed by atoms with Crippen molar-refractivity contribution in [2.45, 2.75) is 6.54 Å². The summed E-state index contributed by atoms with van der Waals surface area (Å²) in [5.41, 5.74) is 1.18. The van der Waals surface area contributed by atoms with Crippen LogP contribution >= 0.6 is 15.9 Å². The summed E-state index contributed by atoms with van der Waals surface area (Å²) < 4.78 is 0.959. The van der Waals surface area contributed by atoms with Gasteiger partial charge < -0.3 is 10.2 Å². The summed E-state index contributed by atoms with van der Waals surface area (Å²) in [6.45, 7) is 5.34. The largest absolute Gasteiger partial charge is 0.363 e. The van der Waals surface area contributed by atoms with Gasteiger partial charge in [-0.2, -0.15) is 0 Å². The zero-order valence-electron chi connectivity index (χ0n) is 9.13. The van der Waals surface area contributed by atoms with Crippen LogP contribution in [0.25, 0.3) is 0 Å². The molecule has 1 heterocycles. The number of rotatable bonds is 5. The Hall–Kier alpha value is -0.870. The van der Waals surface area contributed by atoms with Crippen molar-refractivity contribution in [1.82, 2.24) is 10.3 Å². The average molecular weight is 270 g/mol. The van der Waals surface area contributed by atoms with Gasteiger partial charge in [-0.25, -0.2) is 4.98 Å². The smallest absolute Gasteiger partial charge is 0.127 e. The fraction of sp³-hybridized carbons (Fsp3) is 0.364. The maximum atomic E-state index is 4.33. The number of hydrogen-bond donors (Lipinski definition) is 1. The SMILES string of the molecule is C=C(Br)CNCc1ccc(N(C)C)nc1. The molecular formula is C11H16BrN3. The average Bonchev–Trinajstić information content (AvgIpc) is 2.18. The summed E-state index contributed by atoms with van der Waals surface area (Å²) in [4.78, 5) is 6.31. The van der Waals surface area contributed by atoms with Crippen molar-refractivity contribution in [2.75, 3.05) is 25.5 Å². The molecule has 82 valence electrons. The van der Waals surface area contributed by atoms with E-state index in [9.17, 15) is 0 Å². The van der Waals surface area contributed by atoms with Crippen LogP contribution in [0.15, 0.2) is 29.4 Å². The first-order valence-corrected chi connectivity index (χ1v) is 5.55. The quantitative estimate of drug-likeness (QED) is 0.888. The van der Waals surface area contributed by atoms with Crippen molar-refractivity contribution in [3.63, 3.8) is 0 Å². The first-order valence-electron chi connectivity index (χ1n) is 4.76. The second-order valence-corrected chi connectivity index (χ2v) is 4.66. The molecule has 1 aromatic heterocycles. The third-order valence-electron chi connectivity index (χ3n) is 1.91. The van der Waals surface area contributed by atoms with Crippen molar-refractivity contribution in [2.24, 2.45) is 0 Å². The number of halogens is 1. The molecular weight excluding hydrogens is 254 g/mol. The van der Waals surface area contributed by atoms with Gasteiger partial charge in [0.25, 0.3) is 0 Å². The van der Waals surface area contributed by atoms with Crippen LogP contribution in [-0.4, -0.2) is 25.6 Å². The van der Waals surface area contributed by atoms with Gasteiger partial charge in [-0.3, -0.25) is 0 Å². The van der Waals surface area contributed by atoms with Gasteiger partial charge in [0.1, 0.15) is 5.82 Å². The summed E-state index contributed by atoms with van der Waals surface area (Å²) in [7, 11) is 3.96. The molecule has 0 unspecified atom stereocenters. The van der Waals surface area contributed by atoms with E-state index >= 15 is 0 Å². The van der Waals surface area contributed by atoms with Crippen molar-refractivity contribution < 1.29 is 0 Å². The van der Waals surface area contributed by atoms with Gasteiger partial charge in [0.2, 0.25) is 0 Å². The lowest BCUT2D eigenvalue weighted by Gasteiger charge is -2.11. The maximum Gasteiger partial charge on any atom is 0.127 e. The van der Waals surface area contributed by atoms with Crippen LogP contribution in [0.1, 0.15) is 5.56 Å². The van der Waals surface area contributed by atoms with E-state index in [0.717, 1.165) is 23.4 Å². The molecule has 0 radical (unpaired) electrons. The molecule has 4 heteroatoms. The van der Waals surface area contributed by atoms with Crippen molar-refractivity contribution >= 4 is 21.7 Å². The zero-order valence-corrected chi connectivity index (χ0v) is 10.7. The molecule has 0 bridgehead atoms. The molecule has 0 aliphatic heterocycles. The van der Waals surface area contributed by atoms with E-state index in [2.05, 4.69) is 38.9 Å². The highest BCUT2D eigenvalue weighted by atomic mass is 79.9. The monoisotopic (exact) mass is 269 g/mol. The molecule has 0 spiro atoms. The molecule has 0 aromatic carbocycles. The normalized spacial score (nSPS) is 10.1. The van der Waals surface area contributed by atoms with Crippen LogP contribution in [0.3, 0.4) is 0 Å². The molecule has 0 fully saturated rings. The second-order valence-electron chi connectivity index (χ2n) is 3.54. The minimum absolute atomic E-state index is 0.773. The molecule has 1 rings (SSSR count).